The number of carbonyl (C=O) groups is 3. The number of ketones is 1. The molecule has 7 heteroatoms. The van der Waals surface area contributed by atoms with Gasteiger partial charge in [-0.2, -0.15) is 0 Å². The van der Waals surface area contributed by atoms with E-state index in [1.165, 1.54) is 13.8 Å². The molecule has 4 aliphatic rings. The smallest absolute Gasteiger partial charge is 0.302 e. The molecule has 0 aromatic carbocycles. The summed E-state index contributed by atoms with van der Waals surface area (Å²) in [7, 11) is 0. The van der Waals surface area contributed by atoms with Crippen LogP contribution in [0.25, 0.3) is 0 Å². The highest BCUT2D eigenvalue weighted by atomic mass is 16.6. The van der Waals surface area contributed by atoms with E-state index in [0.29, 0.717) is 12.8 Å². The predicted octanol–water partition coefficient (Wildman–Crippen LogP) is 2.18. The van der Waals surface area contributed by atoms with E-state index in [2.05, 4.69) is 20.4 Å². The molecule has 2 bridgehead atoms. The molecule has 0 saturated heterocycles. The lowest BCUT2D eigenvalue weighted by Crippen LogP contribution is -2.73. The van der Waals surface area contributed by atoms with E-state index < -0.39 is 59.0 Å². The minimum absolute atomic E-state index is 0.104. The van der Waals surface area contributed by atoms with Crippen LogP contribution >= 0.6 is 0 Å². The SMILES string of the molecule is C=C1C(=O)[C@@]23[C@H](O)C[C@@H]4C(C)(C)CC[C@@H](OC(C)=O)[C@@]4(C)[C@@H]2[C@@H](OC(C)=O)C[C@@H]1[C@H]3O. The molecule has 31 heavy (non-hydrogen) atoms. The number of hydrogen-bond donors (Lipinski definition) is 2. The summed E-state index contributed by atoms with van der Waals surface area (Å²) in [5.41, 5.74) is -2.21. The minimum Gasteiger partial charge on any atom is -0.462 e. The van der Waals surface area contributed by atoms with Crippen LogP contribution in [0.4, 0.5) is 0 Å². The molecule has 0 unspecified atom stereocenters. The number of aliphatic hydroxyl groups excluding tert-OH is 2. The fourth-order valence-corrected chi connectivity index (χ4v) is 8.04. The van der Waals surface area contributed by atoms with Crippen LogP contribution in [0.3, 0.4) is 0 Å². The van der Waals surface area contributed by atoms with E-state index in [4.69, 9.17) is 9.47 Å². The molecule has 4 aliphatic carbocycles. The van der Waals surface area contributed by atoms with Gasteiger partial charge in [-0.1, -0.05) is 27.4 Å². The number of carbonyl (C=O) groups excluding carboxylic acids is 3. The van der Waals surface area contributed by atoms with Crippen LogP contribution in [0.5, 0.6) is 0 Å². The van der Waals surface area contributed by atoms with Crippen molar-refractivity contribution >= 4 is 17.7 Å². The van der Waals surface area contributed by atoms with Gasteiger partial charge >= 0.3 is 11.9 Å². The Kier molecular flexibility index (Phi) is 4.99. The topological polar surface area (TPSA) is 110 Å². The lowest BCUT2D eigenvalue weighted by atomic mass is 9.38. The van der Waals surface area contributed by atoms with Gasteiger partial charge in [-0.25, -0.2) is 0 Å². The van der Waals surface area contributed by atoms with Crippen molar-refractivity contribution in [1.29, 1.82) is 0 Å². The lowest BCUT2D eigenvalue weighted by molar-refractivity contribution is -0.279. The van der Waals surface area contributed by atoms with Gasteiger partial charge in [0, 0.05) is 31.1 Å². The van der Waals surface area contributed by atoms with E-state index in [1.54, 1.807) is 0 Å². The van der Waals surface area contributed by atoms with Crippen molar-refractivity contribution < 1.29 is 34.1 Å². The fourth-order valence-electron chi connectivity index (χ4n) is 8.04. The maximum atomic E-state index is 13.6. The number of Topliss-reactive ketones (excluding diaryl/α,β-unsaturated/α-hetero) is 1. The molecule has 172 valence electrons. The van der Waals surface area contributed by atoms with Gasteiger partial charge in [-0.15, -0.1) is 0 Å². The van der Waals surface area contributed by atoms with Gasteiger partial charge in [-0.3, -0.25) is 14.4 Å². The summed E-state index contributed by atoms with van der Waals surface area (Å²) < 4.78 is 11.6. The van der Waals surface area contributed by atoms with Crippen LogP contribution in [-0.4, -0.2) is 52.4 Å². The Morgan fingerprint density at radius 1 is 1.06 bits per heavy atom. The number of aliphatic hydroxyl groups is 2. The van der Waals surface area contributed by atoms with Gasteiger partial charge in [0.1, 0.15) is 12.2 Å². The van der Waals surface area contributed by atoms with E-state index in [1.807, 2.05) is 6.92 Å². The number of ether oxygens (including phenoxy) is 2. The first-order chi connectivity index (χ1) is 14.3. The summed E-state index contributed by atoms with van der Waals surface area (Å²) >= 11 is 0. The molecular weight excluding hydrogens is 400 g/mol. The standard InChI is InChI=1S/C24H34O7/c1-11-14-9-15(30-12(2)25)19-23(6)16(10-17(27)24(19,20(11)28)21(14)29)22(4,5)8-7-18(23)31-13(3)26/h14-19,21,27,29H,1,7-10H2,2-6H3/t14-,15-,16+,17+,18+,19-,21+,23-,24+/m0/s1. The first-order valence-corrected chi connectivity index (χ1v) is 11.2. The summed E-state index contributed by atoms with van der Waals surface area (Å²) in [6.07, 6.45) is -1.46. The monoisotopic (exact) mass is 434 g/mol. The number of hydrogen-bond acceptors (Lipinski definition) is 7. The molecule has 0 amide bonds. The lowest BCUT2D eigenvalue weighted by Gasteiger charge is -2.67. The van der Waals surface area contributed by atoms with E-state index >= 15 is 0 Å². The van der Waals surface area contributed by atoms with Gasteiger partial charge in [0.2, 0.25) is 0 Å². The van der Waals surface area contributed by atoms with Gasteiger partial charge in [0.25, 0.3) is 0 Å². The van der Waals surface area contributed by atoms with Crippen LogP contribution in [0.1, 0.15) is 60.3 Å². The van der Waals surface area contributed by atoms with Gasteiger partial charge < -0.3 is 19.7 Å². The van der Waals surface area contributed by atoms with Crippen LogP contribution in [0.15, 0.2) is 12.2 Å². The Balaban J connectivity index is 1.97. The fraction of sp³-hybridized carbons (Fsp3) is 0.792. The van der Waals surface area contributed by atoms with Crippen molar-refractivity contribution in [3.63, 3.8) is 0 Å². The van der Waals surface area contributed by atoms with Crippen molar-refractivity contribution in [3.8, 4) is 0 Å². The van der Waals surface area contributed by atoms with Gasteiger partial charge in [0.05, 0.1) is 17.6 Å². The zero-order chi connectivity index (χ0) is 23.1. The molecule has 4 fully saturated rings. The second-order valence-electron chi connectivity index (χ2n) is 11.0. The maximum absolute atomic E-state index is 13.6. The molecular formula is C24H34O7. The van der Waals surface area contributed by atoms with Crippen molar-refractivity contribution in [3.05, 3.63) is 12.2 Å². The Labute approximate surface area is 183 Å². The maximum Gasteiger partial charge on any atom is 0.302 e. The number of fused-ring (bicyclic) bond motifs is 3. The summed E-state index contributed by atoms with van der Waals surface area (Å²) in [5, 5.41) is 22.8. The van der Waals surface area contributed by atoms with Gasteiger partial charge in [-0.05, 0) is 42.6 Å². The van der Waals surface area contributed by atoms with E-state index in [9.17, 15) is 24.6 Å². The van der Waals surface area contributed by atoms with E-state index in [-0.39, 0.29) is 29.1 Å². The Hall–Kier alpha value is -1.73. The highest BCUT2D eigenvalue weighted by Crippen LogP contribution is 2.71. The highest BCUT2D eigenvalue weighted by molar-refractivity contribution is 6.04. The van der Waals surface area contributed by atoms with Crippen molar-refractivity contribution in [2.24, 2.45) is 34.0 Å². The second kappa shape index (κ2) is 6.88. The number of esters is 2. The molecule has 9 atom stereocenters. The third-order valence-corrected chi connectivity index (χ3v) is 9.12. The van der Waals surface area contributed by atoms with Crippen LogP contribution < -0.4 is 0 Å². The molecule has 1 spiro atoms. The summed E-state index contributed by atoms with van der Waals surface area (Å²) in [4.78, 5) is 37.7. The summed E-state index contributed by atoms with van der Waals surface area (Å²) in [6, 6.07) is 0. The molecule has 0 aromatic rings. The Morgan fingerprint density at radius 3 is 2.26 bits per heavy atom. The normalized spacial score (nSPS) is 47.9. The third-order valence-electron chi connectivity index (χ3n) is 9.12. The molecule has 4 rings (SSSR count). The number of rotatable bonds is 2. The average Bonchev–Trinajstić information content (AvgIpc) is 2.76. The predicted molar refractivity (Wildman–Crippen MR) is 111 cm³/mol. The summed E-state index contributed by atoms with van der Waals surface area (Å²) in [6.45, 7) is 12.9. The van der Waals surface area contributed by atoms with Crippen LogP contribution in [-0.2, 0) is 23.9 Å². The first kappa shape index (κ1) is 22.5. The molecule has 0 heterocycles. The van der Waals surface area contributed by atoms with Crippen molar-refractivity contribution in [2.75, 3.05) is 0 Å². The largest absolute Gasteiger partial charge is 0.462 e. The average molecular weight is 435 g/mol. The Morgan fingerprint density at radius 2 is 1.68 bits per heavy atom. The molecule has 7 nitrogen and oxygen atoms in total. The quantitative estimate of drug-likeness (QED) is 0.506. The first-order valence-electron chi connectivity index (χ1n) is 11.2. The van der Waals surface area contributed by atoms with E-state index in [0.717, 1.165) is 6.42 Å². The Bertz CT molecular complexity index is 847. The molecule has 4 saturated carbocycles. The zero-order valence-corrected chi connectivity index (χ0v) is 19.0. The minimum atomic E-state index is -1.52. The summed E-state index contributed by atoms with van der Waals surface area (Å²) in [5.74, 6) is -2.60. The molecule has 0 radical (unpaired) electrons. The molecule has 2 N–H and O–H groups in total. The van der Waals surface area contributed by atoms with Crippen LogP contribution in [0, 0.1) is 34.0 Å². The van der Waals surface area contributed by atoms with Crippen LogP contribution in [0.2, 0.25) is 0 Å². The van der Waals surface area contributed by atoms with Crippen molar-refractivity contribution in [1.82, 2.24) is 0 Å². The molecule has 0 aliphatic heterocycles. The molecule has 0 aromatic heterocycles. The zero-order valence-electron chi connectivity index (χ0n) is 19.0. The second-order valence-corrected chi connectivity index (χ2v) is 11.0. The highest BCUT2D eigenvalue weighted by Gasteiger charge is 2.78. The third kappa shape index (κ3) is 2.75. The van der Waals surface area contributed by atoms with Crippen molar-refractivity contribution in [2.45, 2.75) is 84.7 Å². The van der Waals surface area contributed by atoms with Gasteiger partial charge in [0.15, 0.2) is 5.78 Å².